The predicted octanol–water partition coefficient (Wildman–Crippen LogP) is 4.16. The summed E-state index contributed by atoms with van der Waals surface area (Å²) >= 11 is 11.8. The van der Waals surface area contributed by atoms with Gasteiger partial charge in [0.15, 0.2) is 12.2 Å². The van der Waals surface area contributed by atoms with Crippen LogP contribution in [0, 0.1) is 24.7 Å². The number of ether oxygens (including phenoxy) is 4. The van der Waals surface area contributed by atoms with Crippen molar-refractivity contribution in [2.75, 3.05) is 26.4 Å². The van der Waals surface area contributed by atoms with Crippen LogP contribution in [0.15, 0.2) is 48.5 Å². The lowest BCUT2D eigenvalue weighted by molar-refractivity contribution is -0.165. The summed E-state index contributed by atoms with van der Waals surface area (Å²) in [5, 5.41) is 1.01. The van der Waals surface area contributed by atoms with Crippen LogP contribution in [0.4, 0.5) is 0 Å². The number of hydrogen-bond donors (Lipinski definition) is 0. The topological polar surface area (TPSA) is 71.1 Å². The number of carbonyl (C=O) groups excluding carboxylic acids is 2. The molecule has 6 nitrogen and oxygen atoms in total. The largest absolute Gasteiger partial charge is 0.460 e. The van der Waals surface area contributed by atoms with Gasteiger partial charge in [0.25, 0.3) is 0 Å². The Morgan fingerprint density at radius 3 is 1.38 bits per heavy atom. The van der Waals surface area contributed by atoms with Crippen molar-refractivity contribution >= 4 is 35.1 Å². The molecular formula is C24H20Cl2O6. The third-order valence-electron chi connectivity index (χ3n) is 4.01. The summed E-state index contributed by atoms with van der Waals surface area (Å²) in [7, 11) is 0. The van der Waals surface area contributed by atoms with Crippen molar-refractivity contribution < 1.29 is 28.5 Å². The molecule has 0 heterocycles. The number of terminal acetylenes is 2. The summed E-state index contributed by atoms with van der Waals surface area (Å²) < 4.78 is 21.2. The van der Waals surface area contributed by atoms with Crippen molar-refractivity contribution in [1.82, 2.24) is 0 Å². The molecule has 2 aromatic rings. The van der Waals surface area contributed by atoms with E-state index in [0.717, 1.165) is 0 Å². The Hall–Kier alpha value is -3.00. The van der Waals surface area contributed by atoms with E-state index in [0.29, 0.717) is 21.2 Å². The Kier molecular flexibility index (Phi) is 10.6. The van der Waals surface area contributed by atoms with E-state index < -0.39 is 24.1 Å². The minimum Gasteiger partial charge on any atom is -0.460 e. The molecule has 0 aliphatic rings. The van der Waals surface area contributed by atoms with Gasteiger partial charge >= 0.3 is 11.9 Å². The van der Waals surface area contributed by atoms with E-state index >= 15 is 0 Å². The molecule has 0 saturated heterocycles. The van der Waals surface area contributed by atoms with Crippen molar-refractivity contribution in [3.63, 3.8) is 0 Å². The monoisotopic (exact) mass is 474 g/mol. The lowest BCUT2D eigenvalue weighted by atomic mass is 10.1. The lowest BCUT2D eigenvalue weighted by Gasteiger charge is -2.18. The van der Waals surface area contributed by atoms with Crippen LogP contribution in [0.2, 0.25) is 10.0 Å². The van der Waals surface area contributed by atoms with Crippen molar-refractivity contribution in [2.24, 2.45) is 0 Å². The summed E-state index contributed by atoms with van der Waals surface area (Å²) in [4.78, 5) is 24.9. The van der Waals surface area contributed by atoms with Gasteiger partial charge in [-0.3, -0.25) is 0 Å². The second-order valence-electron chi connectivity index (χ2n) is 6.23. The van der Waals surface area contributed by atoms with Gasteiger partial charge in [-0.05, 0) is 35.4 Å². The number of halogens is 2. The van der Waals surface area contributed by atoms with Gasteiger partial charge < -0.3 is 18.9 Å². The Balaban J connectivity index is 1.92. The highest BCUT2D eigenvalue weighted by atomic mass is 35.5. The van der Waals surface area contributed by atoms with Crippen LogP contribution < -0.4 is 0 Å². The van der Waals surface area contributed by atoms with Gasteiger partial charge in [0.05, 0.1) is 0 Å². The molecule has 0 N–H and O–H groups in total. The highest BCUT2D eigenvalue weighted by Gasteiger charge is 2.25. The molecule has 2 unspecified atom stereocenters. The summed E-state index contributed by atoms with van der Waals surface area (Å²) in [6, 6.07) is 13.0. The Morgan fingerprint density at radius 1 is 0.719 bits per heavy atom. The van der Waals surface area contributed by atoms with Gasteiger partial charge in [0, 0.05) is 10.0 Å². The predicted molar refractivity (Wildman–Crippen MR) is 120 cm³/mol. The average Bonchev–Trinajstić information content (AvgIpc) is 2.79. The normalized spacial score (nSPS) is 12.1. The van der Waals surface area contributed by atoms with E-state index in [1.165, 1.54) is 0 Å². The van der Waals surface area contributed by atoms with Gasteiger partial charge in [-0.25, -0.2) is 9.59 Å². The van der Waals surface area contributed by atoms with Crippen LogP contribution in [-0.4, -0.2) is 38.4 Å². The first kappa shape index (κ1) is 25.3. The molecule has 0 amide bonds. The second-order valence-corrected chi connectivity index (χ2v) is 7.10. The van der Waals surface area contributed by atoms with E-state index in [9.17, 15) is 9.59 Å². The third-order valence-corrected chi connectivity index (χ3v) is 4.52. The fourth-order valence-electron chi connectivity index (χ4n) is 2.57. The Bertz CT molecular complexity index is 892. The number of rotatable bonds is 11. The number of esters is 2. The molecule has 0 bridgehead atoms. The molecule has 0 aliphatic heterocycles. The smallest absolute Gasteiger partial charge is 0.340 e. The molecule has 2 aromatic carbocycles. The van der Waals surface area contributed by atoms with E-state index in [1.54, 1.807) is 48.5 Å². The molecule has 2 rings (SSSR count). The van der Waals surface area contributed by atoms with Gasteiger partial charge in [-0.2, -0.15) is 0 Å². The zero-order valence-electron chi connectivity index (χ0n) is 17.0. The zero-order valence-corrected chi connectivity index (χ0v) is 18.5. The van der Waals surface area contributed by atoms with Crippen molar-refractivity contribution in [2.45, 2.75) is 12.2 Å². The van der Waals surface area contributed by atoms with Crippen molar-refractivity contribution in [3.05, 3.63) is 69.7 Å². The quantitative estimate of drug-likeness (QED) is 0.276. The maximum absolute atomic E-state index is 12.5. The molecule has 0 spiro atoms. The van der Waals surface area contributed by atoms with Crippen LogP contribution in [-0.2, 0) is 28.5 Å². The summed E-state index contributed by atoms with van der Waals surface area (Å²) in [6.45, 7) is -0.577. The first-order valence-corrected chi connectivity index (χ1v) is 10.2. The third kappa shape index (κ3) is 7.92. The van der Waals surface area contributed by atoms with Gasteiger partial charge in [0.2, 0.25) is 0 Å². The lowest BCUT2D eigenvalue weighted by Crippen LogP contribution is -2.24. The maximum Gasteiger partial charge on any atom is 0.340 e. The SMILES string of the molecule is C#CCOC(C(=O)OCCOC(=O)C(OCC#C)c1ccc(Cl)cc1)c1ccc(Cl)cc1. The van der Waals surface area contributed by atoms with Crippen molar-refractivity contribution in [1.29, 1.82) is 0 Å². The van der Waals surface area contributed by atoms with Crippen LogP contribution in [0.1, 0.15) is 23.3 Å². The van der Waals surface area contributed by atoms with E-state index in [1.807, 2.05) is 0 Å². The molecule has 0 aromatic heterocycles. The van der Waals surface area contributed by atoms with Gasteiger partial charge in [0.1, 0.15) is 26.4 Å². The molecule has 32 heavy (non-hydrogen) atoms. The number of carbonyl (C=O) groups is 2. The van der Waals surface area contributed by atoms with E-state index in [-0.39, 0.29) is 26.4 Å². The highest BCUT2D eigenvalue weighted by molar-refractivity contribution is 6.30. The summed E-state index contributed by atoms with van der Waals surface area (Å²) in [5.41, 5.74) is 1.05. The molecule has 0 fully saturated rings. The summed E-state index contributed by atoms with van der Waals surface area (Å²) in [6.07, 6.45) is 8.35. The first-order chi connectivity index (χ1) is 15.5. The molecule has 2 atom stereocenters. The molecule has 0 radical (unpaired) electrons. The Labute approximate surface area is 196 Å². The fourth-order valence-corrected chi connectivity index (χ4v) is 2.83. The summed E-state index contributed by atoms with van der Waals surface area (Å²) in [5.74, 6) is 3.24. The Morgan fingerprint density at radius 2 is 1.06 bits per heavy atom. The standard InChI is InChI=1S/C24H20Cl2O6/c1-3-13-29-21(17-5-9-19(25)10-6-17)23(27)31-15-16-32-24(28)22(30-14-4-2)18-7-11-20(26)12-8-18/h1-2,5-12,21-22H,13-16H2. The van der Waals surface area contributed by atoms with E-state index in [2.05, 4.69) is 11.8 Å². The van der Waals surface area contributed by atoms with Crippen LogP contribution >= 0.6 is 23.2 Å². The minimum atomic E-state index is -1.04. The van der Waals surface area contributed by atoms with Crippen LogP contribution in [0.3, 0.4) is 0 Å². The average molecular weight is 475 g/mol. The highest BCUT2D eigenvalue weighted by Crippen LogP contribution is 2.23. The minimum absolute atomic E-state index is 0.0906. The fraction of sp³-hybridized carbons (Fsp3) is 0.250. The number of benzene rings is 2. The van der Waals surface area contributed by atoms with Gasteiger partial charge in [-0.15, -0.1) is 12.8 Å². The van der Waals surface area contributed by atoms with Crippen LogP contribution in [0.25, 0.3) is 0 Å². The number of hydrogen-bond acceptors (Lipinski definition) is 6. The van der Waals surface area contributed by atoms with Gasteiger partial charge in [-0.1, -0.05) is 59.3 Å². The molecule has 0 saturated carbocycles. The molecule has 8 heteroatoms. The second kappa shape index (κ2) is 13.4. The molecular weight excluding hydrogens is 455 g/mol. The van der Waals surface area contributed by atoms with E-state index in [4.69, 9.17) is 55.0 Å². The molecule has 166 valence electrons. The van der Waals surface area contributed by atoms with Crippen molar-refractivity contribution in [3.8, 4) is 24.7 Å². The van der Waals surface area contributed by atoms with Crippen LogP contribution in [0.5, 0.6) is 0 Å². The maximum atomic E-state index is 12.5. The first-order valence-electron chi connectivity index (χ1n) is 9.40. The zero-order chi connectivity index (χ0) is 23.3. The molecule has 0 aliphatic carbocycles.